The highest BCUT2D eigenvalue weighted by Gasteiger charge is 2.23. The zero-order chi connectivity index (χ0) is 13.0. The van der Waals surface area contributed by atoms with Crippen molar-refractivity contribution in [3.63, 3.8) is 0 Å². The summed E-state index contributed by atoms with van der Waals surface area (Å²) in [5, 5.41) is 12.2. The maximum atomic E-state index is 11.0. The molecule has 1 aromatic rings. The number of rotatable bonds is 4. The number of amidine groups is 1. The minimum absolute atomic E-state index is 0.451. The van der Waals surface area contributed by atoms with E-state index < -0.39 is 6.09 Å². The van der Waals surface area contributed by atoms with Gasteiger partial charge in [-0.1, -0.05) is 24.3 Å². The summed E-state index contributed by atoms with van der Waals surface area (Å²) in [4.78, 5) is 16.6. The Labute approximate surface area is 106 Å². The second kappa shape index (κ2) is 5.64. The first-order chi connectivity index (χ1) is 8.72. The van der Waals surface area contributed by atoms with Gasteiger partial charge in [0.15, 0.2) is 0 Å². The van der Waals surface area contributed by atoms with Crippen LogP contribution in [0.25, 0.3) is 0 Å². The van der Waals surface area contributed by atoms with Gasteiger partial charge in [-0.2, -0.15) is 0 Å². The predicted molar refractivity (Wildman–Crippen MR) is 70.2 cm³/mol. The lowest BCUT2D eigenvalue weighted by molar-refractivity contribution is 0.172. The van der Waals surface area contributed by atoms with E-state index in [2.05, 4.69) is 10.3 Å². The molecule has 0 bridgehead atoms. The third kappa shape index (κ3) is 2.68. The smallest absolute Gasteiger partial charge is 0.413 e. The SMILES string of the molecule is CNCCc1ccc(C2=NCCN2C(=O)O)cc1. The maximum Gasteiger partial charge on any atom is 0.413 e. The van der Waals surface area contributed by atoms with E-state index in [1.165, 1.54) is 10.5 Å². The zero-order valence-electron chi connectivity index (χ0n) is 10.4. The van der Waals surface area contributed by atoms with Gasteiger partial charge in [-0.05, 0) is 25.6 Å². The van der Waals surface area contributed by atoms with Crippen LogP contribution in [-0.2, 0) is 6.42 Å². The lowest BCUT2D eigenvalue weighted by Crippen LogP contribution is -2.33. The topological polar surface area (TPSA) is 64.9 Å². The van der Waals surface area contributed by atoms with Crippen molar-refractivity contribution in [3.8, 4) is 0 Å². The van der Waals surface area contributed by atoms with Gasteiger partial charge < -0.3 is 10.4 Å². The number of amides is 1. The van der Waals surface area contributed by atoms with Gasteiger partial charge in [-0.25, -0.2) is 4.79 Å². The molecule has 1 heterocycles. The molecule has 0 aliphatic carbocycles. The molecule has 0 unspecified atom stereocenters. The summed E-state index contributed by atoms with van der Waals surface area (Å²) in [6.07, 6.45) is 0.0248. The van der Waals surface area contributed by atoms with E-state index in [4.69, 9.17) is 5.11 Å². The van der Waals surface area contributed by atoms with Crippen LogP contribution in [0.3, 0.4) is 0 Å². The normalized spacial score (nSPS) is 14.7. The Kier molecular flexibility index (Phi) is 3.94. The number of carboxylic acid groups (broad SMARTS) is 1. The highest BCUT2D eigenvalue weighted by Crippen LogP contribution is 2.13. The summed E-state index contributed by atoms with van der Waals surface area (Å²) in [7, 11) is 1.92. The molecule has 1 amide bonds. The Morgan fingerprint density at radius 2 is 2.17 bits per heavy atom. The number of likely N-dealkylation sites (N-methyl/N-ethyl adjacent to an activating group) is 1. The van der Waals surface area contributed by atoms with Gasteiger partial charge in [0, 0.05) is 5.56 Å². The summed E-state index contributed by atoms with van der Waals surface area (Å²) < 4.78 is 0. The first kappa shape index (κ1) is 12.6. The highest BCUT2D eigenvalue weighted by atomic mass is 16.4. The monoisotopic (exact) mass is 247 g/mol. The Bertz CT molecular complexity index is 454. The predicted octanol–water partition coefficient (Wildman–Crippen LogP) is 1.19. The largest absolute Gasteiger partial charge is 0.465 e. The standard InChI is InChI=1S/C13H17N3O2/c1-14-7-6-10-2-4-11(5-3-10)12-15-8-9-16(12)13(17)18/h2-5,14H,6-9H2,1H3,(H,17,18). The van der Waals surface area contributed by atoms with E-state index in [9.17, 15) is 4.79 Å². The third-order valence-electron chi connectivity index (χ3n) is 2.95. The van der Waals surface area contributed by atoms with Crippen LogP contribution in [0.2, 0.25) is 0 Å². The number of hydrogen-bond acceptors (Lipinski definition) is 3. The highest BCUT2D eigenvalue weighted by molar-refractivity contribution is 6.07. The van der Waals surface area contributed by atoms with E-state index in [-0.39, 0.29) is 0 Å². The molecule has 18 heavy (non-hydrogen) atoms. The molecular weight excluding hydrogens is 230 g/mol. The Morgan fingerprint density at radius 1 is 1.44 bits per heavy atom. The molecule has 5 heteroatoms. The van der Waals surface area contributed by atoms with Crippen molar-refractivity contribution in [1.29, 1.82) is 0 Å². The van der Waals surface area contributed by atoms with Gasteiger partial charge >= 0.3 is 6.09 Å². The molecular formula is C13H17N3O2. The molecule has 2 rings (SSSR count). The van der Waals surface area contributed by atoms with Gasteiger partial charge in [0.1, 0.15) is 5.84 Å². The van der Waals surface area contributed by atoms with Gasteiger partial charge in [0.25, 0.3) is 0 Å². The third-order valence-corrected chi connectivity index (χ3v) is 2.95. The molecule has 0 radical (unpaired) electrons. The average molecular weight is 247 g/mol. The van der Waals surface area contributed by atoms with Crippen LogP contribution >= 0.6 is 0 Å². The minimum atomic E-state index is -0.939. The lowest BCUT2D eigenvalue weighted by Gasteiger charge is -2.14. The number of nitrogens with one attached hydrogen (secondary N) is 1. The Morgan fingerprint density at radius 3 is 2.78 bits per heavy atom. The molecule has 1 aliphatic rings. The van der Waals surface area contributed by atoms with E-state index in [0.717, 1.165) is 18.5 Å². The second-order valence-corrected chi connectivity index (χ2v) is 4.19. The van der Waals surface area contributed by atoms with Crippen molar-refractivity contribution < 1.29 is 9.90 Å². The van der Waals surface area contributed by atoms with Crippen molar-refractivity contribution in [2.45, 2.75) is 6.42 Å². The minimum Gasteiger partial charge on any atom is -0.465 e. The summed E-state index contributed by atoms with van der Waals surface area (Å²) in [6.45, 7) is 1.93. The van der Waals surface area contributed by atoms with E-state index in [0.29, 0.717) is 18.9 Å². The molecule has 0 aromatic heterocycles. The molecule has 1 aliphatic heterocycles. The van der Waals surface area contributed by atoms with Crippen molar-refractivity contribution >= 4 is 11.9 Å². The lowest BCUT2D eigenvalue weighted by atomic mass is 10.1. The van der Waals surface area contributed by atoms with Crippen LogP contribution in [0, 0.1) is 0 Å². The molecule has 0 saturated carbocycles. The summed E-state index contributed by atoms with van der Waals surface area (Å²) in [5.41, 5.74) is 2.09. The number of hydrogen-bond donors (Lipinski definition) is 2. The van der Waals surface area contributed by atoms with E-state index in [1.807, 2.05) is 31.3 Å². The number of benzene rings is 1. The van der Waals surface area contributed by atoms with Gasteiger partial charge in [-0.15, -0.1) is 0 Å². The fourth-order valence-corrected chi connectivity index (χ4v) is 1.97. The molecule has 1 aromatic carbocycles. The van der Waals surface area contributed by atoms with Crippen molar-refractivity contribution in [2.75, 3.05) is 26.7 Å². The Hall–Kier alpha value is -1.88. The van der Waals surface area contributed by atoms with Crippen molar-refractivity contribution in [1.82, 2.24) is 10.2 Å². The van der Waals surface area contributed by atoms with Crippen LogP contribution < -0.4 is 5.32 Å². The van der Waals surface area contributed by atoms with E-state index >= 15 is 0 Å². The maximum absolute atomic E-state index is 11.0. The van der Waals surface area contributed by atoms with Crippen molar-refractivity contribution in [3.05, 3.63) is 35.4 Å². The number of aliphatic imine (C=N–C) groups is 1. The zero-order valence-corrected chi connectivity index (χ0v) is 10.4. The summed E-state index contributed by atoms with van der Waals surface area (Å²) >= 11 is 0. The summed E-state index contributed by atoms with van der Waals surface area (Å²) in [5.74, 6) is 0.558. The molecule has 0 spiro atoms. The number of nitrogens with zero attached hydrogens (tertiary/aromatic N) is 2. The molecule has 96 valence electrons. The molecule has 0 atom stereocenters. The van der Waals surface area contributed by atoms with E-state index in [1.54, 1.807) is 0 Å². The van der Waals surface area contributed by atoms with Crippen molar-refractivity contribution in [2.24, 2.45) is 4.99 Å². The van der Waals surface area contributed by atoms with Crippen LogP contribution in [0.15, 0.2) is 29.3 Å². The average Bonchev–Trinajstić information content (AvgIpc) is 2.86. The second-order valence-electron chi connectivity index (χ2n) is 4.19. The van der Waals surface area contributed by atoms with Crippen LogP contribution in [0.5, 0.6) is 0 Å². The fraction of sp³-hybridized carbons (Fsp3) is 0.385. The summed E-state index contributed by atoms with van der Waals surface area (Å²) in [6, 6.07) is 7.91. The van der Waals surface area contributed by atoms with Crippen LogP contribution in [-0.4, -0.2) is 48.6 Å². The molecule has 5 nitrogen and oxygen atoms in total. The van der Waals surface area contributed by atoms with Crippen LogP contribution in [0.1, 0.15) is 11.1 Å². The first-order valence-corrected chi connectivity index (χ1v) is 6.01. The number of carbonyl (C=O) groups is 1. The molecule has 0 fully saturated rings. The Balaban J connectivity index is 2.12. The molecule has 2 N–H and O–H groups in total. The van der Waals surface area contributed by atoms with Gasteiger partial charge in [0.05, 0.1) is 13.1 Å². The van der Waals surface area contributed by atoms with Gasteiger partial charge in [-0.3, -0.25) is 9.89 Å². The van der Waals surface area contributed by atoms with Gasteiger partial charge in [0.2, 0.25) is 0 Å². The fourth-order valence-electron chi connectivity index (χ4n) is 1.97. The molecule has 0 saturated heterocycles. The first-order valence-electron chi connectivity index (χ1n) is 6.01. The van der Waals surface area contributed by atoms with Crippen LogP contribution in [0.4, 0.5) is 4.79 Å². The quantitative estimate of drug-likeness (QED) is 0.840.